The summed E-state index contributed by atoms with van der Waals surface area (Å²) in [6, 6.07) is 5.88. The molecule has 0 saturated carbocycles. The highest BCUT2D eigenvalue weighted by Gasteiger charge is 2.35. The van der Waals surface area contributed by atoms with Crippen LogP contribution in [0, 0.1) is 12.7 Å². The van der Waals surface area contributed by atoms with E-state index in [-0.39, 0.29) is 36.7 Å². The van der Waals surface area contributed by atoms with Crippen LogP contribution in [0.5, 0.6) is 0 Å². The van der Waals surface area contributed by atoms with Gasteiger partial charge < -0.3 is 9.64 Å². The molecule has 1 atom stereocenters. The van der Waals surface area contributed by atoms with Crippen molar-refractivity contribution in [3.8, 4) is 0 Å². The van der Waals surface area contributed by atoms with Crippen molar-refractivity contribution >= 4 is 17.6 Å². The number of halogens is 1. The molecule has 8 heteroatoms. The summed E-state index contributed by atoms with van der Waals surface area (Å²) in [7, 11) is 1.51. The summed E-state index contributed by atoms with van der Waals surface area (Å²) >= 11 is 0. The third-order valence-electron chi connectivity index (χ3n) is 5.74. The first-order chi connectivity index (χ1) is 14.5. The zero-order chi connectivity index (χ0) is 21.3. The molecule has 1 aromatic carbocycles. The van der Waals surface area contributed by atoms with E-state index in [4.69, 9.17) is 9.72 Å². The van der Waals surface area contributed by atoms with Crippen LogP contribution in [0.3, 0.4) is 0 Å². The lowest BCUT2D eigenvalue weighted by molar-refractivity contribution is -0.139. The lowest BCUT2D eigenvalue weighted by Crippen LogP contribution is -2.41. The second kappa shape index (κ2) is 8.47. The quantitative estimate of drug-likeness (QED) is 0.755. The van der Waals surface area contributed by atoms with Crippen molar-refractivity contribution < 1.29 is 18.7 Å². The molecule has 158 valence electrons. The van der Waals surface area contributed by atoms with Crippen molar-refractivity contribution in [1.29, 1.82) is 0 Å². The van der Waals surface area contributed by atoms with E-state index in [0.717, 1.165) is 36.1 Å². The van der Waals surface area contributed by atoms with Gasteiger partial charge in [-0.1, -0.05) is 12.1 Å². The van der Waals surface area contributed by atoms with Crippen LogP contribution in [-0.2, 0) is 27.3 Å². The number of rotatable bonds is 5. The van der Waals surface area contributed by atoms with Crippen LogP contribution in [0.2, 0.25) is 0 Å². The Morgan fingerprint density at radius 2 is 2.00 bits per heavy atom. The second-order valence-corrected chi connectivity index (χ2v) is 7.78. The first kappa shape index (κ1) is 20.4. The van der Waals surface area contributed by atoms with Gasteiger partial charge in [-0.15, -0.1) is 0 Å². The fourth-order valence-corrected chi connectivity index (χ4v) is 4.19. The Balaban J connectivity index is 1.66. The molecule has 0 bridgehead atoms. The van der Waals surface area contributed by atoms with Gasteiger partial charge in [-0.3, -0.25) is 14.5 Å². The van der Waals surface area contributed by atoms with E-state index in [1.807, 2.05) is 6.92 Å². The standard InChI is InChI=1S/C22H25FN4O3/c1-14-17-11-19(28)27(12-15-6-8-16(23)9-7-15)22(17)25-21(24-14)18-5-3-4-10-26(18)20(29)13-30-2/h6-9,18H,3-5,10-13H2,1-2H3/t18-/m1/s1. The number of amides is 2. The fourth-order valence-electron chi connectivity index (χ4n) is 4.19. The molecule has 2 aliphatic heterocycles. The molecule has 0 unspecified atom stereocenters. The van der Waals surface area contributed by atoms with Crippen LogP contribution >= 0.6 is 0 Å². The Kier molecular flexibility index (Phi) is 5.76. The number of nitrogens with zero attached hydrogens (tertiary/aromatic N) is 4. The second-order valence-electron chi connectivity index (χ2n) is 7.78. The van der Waals surface area contributed by atoms with Crippen molar-refractivity contribution in [3.63, 3.8) is 0 Å². The third kappa shape index (κ3) is 3.92. The Bertz CT molecular complexity index is 964. The molecule has 2 aliphatic rings. The van der Waals surface area contributed by atoms with Gasteiger partial charge in [-0.25, -0.2) is 14.4 Å². The highest BCUT2D eigenvalue weighted by atomic mass is 19.1. The molecule has 3 heterocycles. The van der Waals surface area contributed by atoms with Crippen molar-refractivity contribution in [3.05, 3.63) is 52.7 Å². The molecule has 2 amide bonds. The number of aromatic nitrogens is 2. The van der Waals surface area contributed by atoms with Gasteiger partial charge >= 0.3 is 0 Å². The zero-order valence-corrected chi connectivity index (χ0v) is 17.2. The van der Waals surface area contributed by atoms with Crippen LogP contribution in [0.15, 0.2) is 24.3 Å². The highest BCUT2D eigenvalue weighted by Crippen LogP contribution is 2.35. The molecule has 0 aliphatic carbocycles. The van der Waals surface area contributed by atoms with Crippen molar-refractivity contribution in [2.24, 2.45) is 0 Å². The molecule has 0 N–H and O–H groups in total. The lowest BCUT2D eigenvalue weighted by Gasteiger charge is -2.35. The molecule has 7 nitrogen and oxygen atoms in total. The van der Waals surface area contributed by atoms with Crippen LogP contribution in [0.1, 0.15) is 47.9 Å². The molecule has 0 spiro atoms. The maximum absolute atomic E-state index is 13.2. The van der Waals surface area contributed by atoms with Crippen LogP contribution in [0.25, 0.3) is 0 Å². The number of piperidine rings is 1. The van der Waals surface area contributed by atoms with Gasteiger partial charge in [0.1, 0.15) is 18.2 Å². The summed E-state index contributed by atoms with van der Waals surface area (Å²) in [6.07, 6.45) is 2.95. The summed E-state index contributed by atoms with van der Waals surface area (Å²) in [4.78, 5) is 38.1. The minimum Gasteiger partial charge on any atom is -0.375 e. The number of methoxy groups -OCH3 is 1. The van der Waals surface area contributed by atoms with E-state index >= 15 is 0 Å². The maximum atomic E-state index is 13.2. The summed E-state index contributed by atoms with van der Waals surface area (Å²) < 4.78 is 18.3. The van der Waals surface area contributed by atoms with Crippen molar-refractivity contribution in [2.75, 3.05) is 25.2 Å². The van der Waals surface area contributed by atoms with E-state index in [9.17, 15) is 14.0 Å². The van der Waals surface area contributed by atoms with Gasteiger partial charge in [0.15, 0.2) is 5.82 Å². The lowest BCUT2D eigenvalue weighted by atomic mass is 10.0. The number of hydrogen-bond acceptors (Lipinski definition) is 5. The van der Waals surface area contributed by atoms with Gasteiger partial charge in [0.2, 0.25) is 11.8 Å². The number of hydrogen-bond donors (Lipinski definition) is 0. The van der Waals surface area contributed by atoms with Gasteiger partial charge in [-0.05, 0) is 43.9 Å². The van der Waals surface area contributed by atoms with E-state index in [1.165, 1.54) is 19.2 Å². The normalized spacial score (nSPS) is 18.6. The minimum atomic E-state index is -0.314. The maximum Gasteiger partial charge on any atom is 0.249 e. The number of anilines is 1. The van der Waals surface area contributed by atoms with Crippen LogP contribution < -0.4 is 4.90 Å². The molecule has 0 radical (unpaired) electrons. The summed E-state index contributed by atoms with van der Waals surface area (Å²) in [6.45, 7) is 2.86. The smallest absolute Gasteiger partial charge is 0.249 e. The fraction of sp³-hybridized carbons (Fsp3) is 0.455. The Hall–Kier alpha value is -2.87. The Morgan fingerprint density at radius 1 is 1.23 bits per heavy atom. The zero-order valence-electron chi connectivity index (χ0n) is 17.2. The molecular weight excluding hydrogens is 387 g/mol. The SMILES string of the molecule is COCC(=O)N1CCCC[C@@H]1c1nc(C)c2c(n1)N(Cc1ccc(F)cc1)C(=O)C2. The van der Waals surface area contributed by atoms with E-state index in [1.54, 1.807) is 21.9 Å². The molecule has 2 aromatic rings. The molecule has 1 aromatic heterocycles. The van der Waals surface area contributed by atoms with Gasteiger partial charge in [0, 0.05) is 24.9 Å². The van der Waals surface area contributed by atoms with E-state index in [2.05, 4.69) is 4.98 Å². The third-order valence-corrected chi connectivity index (χ3v) is 5.74. The number of aryl methyl sites for hydroxylation is 1. The largest absolute Gasteiger partial charge is 0.375 e. The molecule has 1 saturated heterocycles. The first-order valence-electron chi connectivity index (χ1n) is 10.2. The van der Waals surface area contributed by atoms with Crippen LogP contribution in [0.4, 0.5) is 10.2 Å². The molecule has 4 rings (SSSR count). The summed E-state index contributed by atoms with van der Waals surface area (Å²) in [5.74, 6) is 0.708. The predicted octanol–water partition coefficient (Wildman–Crippen LogP) is 2.71. The molecule has 1 fully saturated rings. The number of ether oxygens (including phenoxy) is 1. The van der Waals surface area contributed by atoms with E-state index < -0.39 is 0 Å². The van der Waals surface area contributed by atoms with E-state index in [0.29, 0.717) is 24.7 Å². The number of benzene rings is 1. The van der Waals surface area contributed by atoms with Crippen molar-refractivity contribution in [1.82, 2.24) is 14.9 Å². The van der Waals surface area contributed by atoms with Gasteiger partial charge in [-0.2, -0.15) is 0 Å². The topological polar surface area (TPSA) is 75.6 Å². The average Bonchev–Trinajstić information content (AvgIpc) is 3.06. The monoisotopic (exact) mass is 412 g/mol. The van der Waals surface area contributed by atoms with Gasteiger partial charge in [0.05, 0.1) is 19.0 Å². The number of carbonyl (C=O) groups is 2. The number of carbonyl (C=O) groups excluding carboxylic acids is 2. The highest BCUT2D eigenvalue weighted by molar-refractivity contribution is 6.00. The Morgan fingerprint density at radius 3 is 2.73 bits per heavy atom. The molecular formula is C22H25FN4O3. The van der Waals surface area contributed by atoms with Gasteiger partial charge in [0.25, 0.3) is 0 Å². The summed E-state index contributed by atoms with van der Waals surface area (Å²) in [5.41, 5.74) is 2.40. The minimum absolute atomic E-state index is 0.0234. The summed E-state index contributed by atoms with van der Waals surface area (Å²) in [5, 5.41) is 0. The van der Waals surface area contributed by atoms with Crippen molar-refractivity contribution in [2.45, 2.75) is 45.2 Å². The average molecular weight is 412 g/mol. The number of fused-ring (bicyclic) bond motifs is 1. The predicted molar refractivity (Wildman–Crippen MR) is 108 cm³/mol. The number of likely N-dealkylation sites (tertiary alicyclic amines) is 1. The first-order valence-corrected chi connectivity index (χ1v) is 10.2. The Labute approximate surface area is 174 Å². The van der Waals surface area contributed by atoms with Crippen LogP contribution in [-0.4, -0.2) is 46.9 Å². The molecule has 30 heavy (non-hydrogen) atoms.